The van der Waals surface area contributed by atoms with E-state index in [-0.39, 0.29) is 36.5 Å². The lowest BCUT2D eigenvalue weighted by atomic mass is 10.1. The minimum Gasteiger partial charge on any atom is -0.386 e. The second-order valence-corrected chi connectivity index (χ2v) is 5.93. The van der Waals surface area contributed by atoms with Gasteiger partial charge in [-0.05, 0) is 19.9 Å². The lowest BCUT2D eigenvalue weighted by molar-refractivity contribution is -0.129. The number of hydrogen-bond acceptors (Lipinski definition) is 3. The lowest BCUT2D eigenvalue weighted by Crippen LogP contribution is -2.45. The summed E-state index contributed by atoms with van der Waals surface area (Å²) >= 11 is 0. The molecule has 0 saturated carbocycles. The predicted molar refractivity (Wildman–Crippen MR) is 83.1 cm³/mol. The van der Waals surface area contributed by atoms with Gasteiger partial charge < -0.3 is 20.6 Å². The molecule has 0 spiro atoms. The van der Waals surface area contributed by atoms with Crippen LogP contribution in [0, 0.1) is 5.82 Å². The highest BCUT2D eigenvalue weighted by molar-refractivity contribution is 5.81. The van der Waals surface area contributed by atoms with E-state index in [2.05, 4.69) is 10.6 Å². The molecule has 1 aromatic carbocycles. The van der Waals surface area contributed by atoms with Crippen molar-refractivity contribution < 1.29 is 19.1 Å². The molecule has 0 aromatic heterocycles. The summed E-state index contributed by atoms with van der Waals surface area (Å²) in [6.07, 6.45) is -0.860. The molecule has 1 aromatic rings. The van der Waals surface area contributed by atoms with Crippen LogP contribution >= 0.6 is 0 Å². The van der Waals surface area contributed by atoms with Crippen molar-refractivity contribution in [2.45, 2.75) is 38.5 Å². The summed E-state index contributed by atoms with van der Waals surface area (Å²) in [5, 5.41) is 15.1. The van der Waals surface area contributed by atoms with Crippen LogP contribution in [0.4, 0.5) is 9.18 Å². The molecule has 3 amide bonds. The number of benzene rings is 1. The van der Waals surface area contributed by atoms with Gasteiger partial charge in [0, 0.05) is 31.1 Å². The van der Waals surface area contributed by atoms with Crippen LogP contribution in [0.3, 0.4) is 0 Å². The van der Waals surface area contributed by atoms with Crippen molar-refractivity contribution in [2.24, 2.45) is 0 Å². The van der Waals surface area contributed by atoms with Gasteiger partial charge in [0.15, 0.2) is 0 Å². The monoisotopic (exact) mass is 323 g/mol. The Morgan fingerprint density at radius 3 is 2.74 bits per heavy atom. The van der Waals surface area contributed by atoms with Crippen molar-refractivity contribution >= 4 is 11.9 Å². The third kappa shape index (κ3) is 4.41. The normalized spacial score (nSPS) is 19.1. The third-order valence-electron chi connectivity index (χ3n) is 3.84. The summed E-state index contributed by atoms with van der Waals surface area (Å²) in [6, 6.07) is 5.23. The number of hydrogen-bond donors (Lipinski definition) is 3. The molecule has 1 heterocycles. The maximum Gasteiger partial charge on any atom is 0.315 e. The molecule has 0 aliphatic carbocycles. The van der Waals surface area contributed by atoms with Gasteiger partial charge in [0.25, 0.3) is 0 Å². The van der Waals surface area contributed by atoms with Crippen molar-refractivity contribution in [1.29, 1.82) is 0 Å². The molecule has 1 saturated heterocycles. The molecule has 3 N–H and O–H groups in total. The van der Waals surface area contributed by atoms with E-state index in [0.29, 0.717) is 6.54 Å². The van der Waals surface area contributed by atoms with Gasteiger partial charge in [0.2, 0.25) is 5.91 Å². The molecule has 0 bridgehead atoms. The van der Waals surface area contributed by atoms with Crippen LogP contribution in [0.2, 0.25) is 0 Å². The maximum atomic E-state index is 13.5. The number of urea groups is 1. The molecule has 0 radical (unpaired) electrons. The number of carbonyl (C=O) groups is 2. The van der Waals surface area contributed by atoms with Crippen LogP contribution in [0.15, 0.2) is 24.3 Å². The first-order valence-corrected chi connectivity index (χ1v) is 7.64. The molecular formula is C16H22FN3O3. The Balaban J connectivity index is 1.80. The van der Waals surface area contributed by atoms with Crippen LogP contribution in [0.25, 0.3) is 0 Å². The van der Waals surface area contributed by atoms with E-state index in [4.69, 9.17) is 0 Å². The Morgan fingerprint density at radius 1 is 1.43 bits per heavy atom. The van der Waals surface area contributed by atoms with Crippen molar-refractivity contribution in [3.63, 3.8) is 0 Å². The van der Waals surface area contributed by atoms with E-state index in [9.17, 15) is 19.1 Å². The highest BCUT2D eigenvalue weighted by atomic mass is 19.1. The minimum atomic E-state index is -1.13. The molecule has 1 fully saturated rings. The van der Waals surface area contributed by atoms with Crippen molar-refractivity contribution in [2.75, 3.05) is 13.1 Å². The van der Waals surface area contributed by atoms with E-state index in [1.165, 1.54) is 18.2 Å². The zero-order valence-corrected chi connectivity index (χ0v) is 13.3. The zero-order valence-electron chi connectivity index (χ0n) is 13.3. The third-order valence-corrected chi connectivity index (χ3v) is 3.84. The molecule has 1 aliphatic rings. The minimum absolute atomic E-state index is 0.0108. The Morgan fingerprint density at radius 2 is 2.13 bits per heavy atom. The molecule has 2 rings (SSSR count). The van der Waals surface area contributed by atoms with Crippen molar-refractivity contribution in [1.82, 2.24) is 15.5 Å². The molecule has 6 nitrogen and oxygen atoms in total. The molecule has 2 unspecified atom stereocenters. The number of nitrogens with zero attached hydrogens (tertiary/aromatic N) is 1. The Bertz CT molecular complexity index is 579. The number of amides is 3. The number of nitrogens with one attached hydrogen (secondary N) is 2. The first-order valence-electron chi connectivity index (χ1n) is 7.64. The summed E-state index contributed by atoms with van der Waals surface area (Å²) in [5.74, 6) is -0.507. The van der Waals surface area contributed by atoms with E-state index < -0.39 is 18.0 Å². The summed E-state index contributed by atoms with van der Waals surface area (Å²) in [4.78, 5) is 25.3. The first kappa shape index (κ1) is 17.2. The quantitative estimate of drug-likeness (QED) is 0.761. The Hall–Kier alpha value is -2.15. The summed E-state index contributed by atoms with van der Waals surface area (Å²) < 4.78 is 13.5. The van der Waals surface area contributed by atoms with E-state index in [0.717, 1.165) is 0 Å². The van der Waals surface area contributed by atoms with E-state index >= 15 is 0 Å². The molecule has 2 atom stereocenters. The van der Waals surface area contributed by atoms with Gasteiger partial charge in [-0.2, -0.15) is 0 Å². The molecule has 1 aliphatic heterocycles. The average molecular weight is 323 g/mol. The smallest absolute Gasteiger partial charge is 0.315 e. The SMILES string of the molecule is CC(C)N1CC(NC(=O)NCC(O)c2ccccc2F)CC1=O. The topological polar surface area (TPSA) is 81.7 Å². The van der Waals surface area contributed by atoms with Gasteiger partial charge >= 0.3 is 6.03 Å². The molecule has 7 heteroatoms. The Kier molecular flexibility index (Phi) is 5.54. The number of aliphatic hydroxyl groups excluding tert-OH is 1. The van der Waals surface area contributed by atoms with Crippen LogP contribution in [0.1, 0.15) is 31.9 Å². The first-order chi connectivity index (χ1) is 10.9. The highest BCUT2D eigenvalue weighted by Crippen LogP contribution is 2.16. The van der Waals surface area contributed by atoms with Gasteiger partial charge in [0.1, 0.15) is 5.82 Å². The van der Waals surface area contributed by atoms with Gasteiger partial charge in [0.05, 0.1) is 12.1 Å². The number of rotatable bonds is 5. The van der Waals surface area contributed by atoms with E-state index in [1.807, 2.05) is 13.8 Å². The predicted octanol–water partition coefficient (Wildman–Crippen LogP) is 1.17. The number of halogens is 1. The largest absolute Gasteiger partial charge is 0.386 e. The van der Waals surface area contributed by atoms with Crippen LogP contribution in [0.5, 0.6) is 0 Å². The maximum absolute atomic E-state index is 13.5. The van der Waals surface area contributed by atoms with Crippen LogP contribution in [-0.2, 0) is 4.79 Å². The number of aliphatic hydroxyl groups is 1. The van der Waals surface area contributed by atoms with Crippen LogP contribution < -0.4 is 10.6 Å². The summed E-state index contributed by atoms with van der Waals surface area (Å²) in [7, 11) is 0. The molecule has 23 heavy (non-hydrogen) atoms. The average Bonchev–Trinajstić information content (AvgIpc) is 2.86. The van der Waals surface area contributed by atoms with Gasteiger partial charge in [-0.1, -0.05) is 18.2 Å². The molecule has 126 valence electrons. The van der Waals surface area contributed by atoms with Gasteiger partial charge in [-0.25, -0.2) is 9.18 Å². The fourth-order valence-corrected chi connectivity index (χ4v) is 2.61. The number of likely N-dealkylation sites (tertiary alicyclic amines) is 1. The summed E-state index contributed by atoms with van der Waals surface area (Å²) in [6.45, 7) is 4.21. The van der Waals surface area contributed by atoms with Gasteiger partial charge in [-0.15, -0.1) is 0 Å². The zero-order chi connectivity index (χ0) is 17.0. The molecular weight excluding hydrogens is 301 g/mol. The fraction of sp³-hybridized carbons (Fsp3) is 0.500. The lowest BCUT2D eigenvalue weighted by Gasteiger charge is -2.21. The highest BCUT2D eigenvalue weighted by Gasteiger charge is 2.31. The van der Waals surface area contributed by atoms with Gasteiger partial charge in [-0.3, -0.25) is 4.79 Å². The Labute approximate surface area is 134 Å². The second-order valence-electron chi connectivity index (χ2n) is 5.93. The fourth-order valence-electron chi connectivity index (χ4n) is 2.61. The number of carbonyl (C=O) groups excluding carboxylic acids is 2. The van der Waals surface area contributed by atoms with Crippen LogP contribution in [-0.4, -0.2) is 47.1 Å². The summed E-state index contributed by atoms with van der Waals surface area (Å²) in [5.41, 5.74) is 0.134. The van der Waals surface area contributed by atoms with E-state index in [1.54, 1.807) is 11.0 Å². The second kappa shape index (κ2) is 7.41. The van der Waals surface area contributed by atoms with Crippen molar-refractivity contribution in [3.8, 4) is 0 Å². The standard InChI is InChI=1S/C16H22FN3O3/c1-10(2)20-9-11(7-15(20)22)19-16(23)18-8-14(21)12-5-3-4-6-13(12)17/h3-6,10-11,14,21H,7-9H2,1-2H3,(H2,18,19,23). The van der Waals surface area contributed by atoms with Crippen molar-refractivity contribution in [3.05, 3.63) is 35.6 Å².